The highest BCUT2D eigenvalue weighted by atomic mass is 32.2. The van der Waals surface area contributed by atoms with E-state index >= 15 is 0 Å². The van der Waals surface area contributed by atoms with Crippen molar-refractivity contribution in [3.05, 3.63) is 83.4 Å². The molecule has 0 radical (unpaired) electrons. The van der Waals surface area contributed by atoms with E-state index < -0.39 is 5.97 Å². The monoisotopic (exact) mass is 533 g/mol. The van der Waals surface area contributed by atoms with Crippen molar-refractivity contribution >= 4 is 41.0 Å². The predicted octanol–water partition coefficient (Wildman–Crippen LogP) is 5.67. The first-order valence-electron chi connectivity index (χ1n) is 12.4. The predicted molar refractivity (Wildman–Crippen MR) is 149 cm³/mol. The number of ether oxygens (including phenoxy) is 1. The molecule has 0 aromatic heterocycles. The number of methoxy groups -OCH3 is 1. The molecular weight excluding hydrogens is 502 g/mol. The summed E-state index contributed by atoms with van der Waals surface area (Å²) >= 11 is 1.57. The Morgan fingerprint density at radius 3 is 2.58 bits per heavy atom. The summed E-state index contributed by atoms with van der Waals surface area (Å²) in [6.45, 7) is 2.62. The second-order valence-electron chi connectivity index (χ2n) is 9.13. The Morgan fingerprint density at radius 1 is 1.03 bits per heavy atom. The Balaban J connectivity index is 1.36. The third kappa shape index (κ3) is 6.86. The number of carboxylic acids is 1. The number of carboxylic acid groups (broad SMARTS) is 1. The number of carbonyl (C=O) groups is 3. The fraction of sp³-hybridized carbons (Fsp3) is 0.276. The first kappa shape index (κ1) is 27.1. The first-order valence-corrected chi connectivity index (χ1v) is 13.4. The number of benzene rings is 3. The van der Waals surface area contributed by atoms with Gasteiger partial charge in [-0.25, -0.2) is 9.59 Å². The average molecular weight is 534 g/mol. The van der Waals surface area contributed by atoms with Gasteiger partial charge in [-0.05, 0) is 67.3 Å². The van der Waals surface area contributed by atoms with E-state index in [0.29, 0.717) is 23.7 Å². The zero-order valence-electron chi connectivity index (χ0n) is 21.4. The molecular formula is C29H31N3O5S. The van der Waals surface area contributed by atoms with Gasteiger partial charge in [-0.2, -0.15) is 0 Å². The summed E-state index contributed by atoms with van der Waals surface area (Å²) in [6.07, 6.45) is 2.08. The van der Waals surface area contributed by atoms with Crippen molar-refractivity contribution in [2.75, 3.05) is 30.0 Å². The molecule has 3 aromatic carbocycles. The number of nitrogens with zero attached hydrogens (tertiary/aromatic N) is 1. The van der Waals surface area contributed by atoms with Gasteiger partial charge in [-0.1, -0.05) is 30.3 Å². The third-order valence-electron chi connectivity index (χ3n) is 6.48. The standard InChI is InChI=1S/C29H31N3O5S/c1-19-7-3-4-11-24(19)30-29(36)31-25-13-12-20(15-26(25)37-2)16-27(33)32-14-6-9-22(32)18-38-23-10-5-8-21(17-23)28(34)35/h3-5,7-8,10-13,15,17,22H,6,9,14,16,18H2,1-2H3,(H,34,35)(H2,30,31,36)/t22-/m0/s1. The van der Waals surface area contributed by atoms with E-state index in [9.17, 15) is 19.5 Å². The van der Waals surface area contributed by atoms with Crippen molar-refractivity contribution in [2.24, 2.45) is 0 Å². The summed E-state index contributed by atoms with van der Waals surface area (Å²) in [4.78, 5) is 39.8. The average Bonchev–Trinajstić information content (AvgIpc) is 3.39. The van der Waals surface area contributed by atoms with E-state index in [1.807, 2.05) is 48.2 Å². The number of amides is 3. The van der Waals surface area contributed by atoms with Gasteiger partial charge < -0.3 is 25.4 Å². The SMILES string of the molecule is COc1cc(CC(=O)N2CCC[C@H]2CSc2cccc(C(=O)O)c2)ccc1NC(=O)Nc1ccccc1C. The molecule has 4 rings (SSSR count). The molecule has 3 amide bonds. The van der Waals surface area contributed by atoms with Crippen molar-refractivity contribution in [2.45, 2.75) is 37.1 Å². The zero-order valence-corrected chi connectivity index (χ0v) is 22.2. The highest BCUT2D eigenvalue weighted by Crippen LogP contribution is 2.29. The van der Waals surface area contributed by atoms with Crippen LogP contribution in [0.5, 0.6) is 5.75 Å². The molecule has 0 bridgehead atoms. The largest absolute Gasteiger partial charge is 0.495 e. The number of urea groups is 1. The fourth-order valence-electron chi connectivity index (χ4n) is 4.46. The molecule has 1 heterocycles. The molecule has 0 unspecified atom stereocenters. The van der Waals surface area contributed by atoms with Crippen LogP contribution in [0.4, 0.5) is 16.2 Å². The lowest BCUT2D eigenvalue weighted by atomic mass is 10.1. The first-order chi connectivity index (χ1) is 18.3. The zero-order chi connectivity index (χ0) is 27.1. The number of aryl methyl sites for hydroxylation is 1. The lowest BCUT2D eigenvalue weighted by Gasteiger charge is -2.25. The number of para-hydroxylation sites is 1. The van der Waals surface area contributed by atoms with Crippen LogP contribution in [0, 0.1) is 6.92 Å². The molecule has 198 valence electrons. The van der Waals surface area contributed by atoms with Gasteiger partial charge in [0.1, 0.15) is 5.75 Å². The van der Waals surface area contributed by atoms with E-state index in [4.69, 9.17) is 4.74 Å². The van der Waals surface area contributed by atoms with Crippen LogP contribution in [0.1, 0.15) is 34.3 Å². The van der Waals surface area contributed by atoms with Crippen LogP contribution in [0.25, 0.3) is 0 Å². The van der Waals surface area contributed by atoms with Crippen LogP contribution in [0.3, 0.4) is 0 Å². The molecule has 3 N–H and O–H groups in total. The molecule has 0 aliphatic carbocycles. The quantitative estimate of drug-likeness (QED) is 0.306. The summed E-state index contributed by atoms with van der Waals surface area (Å²) < 4.78 is 5.49. The Morgan fingerprint density at radius 2 is 1.82 bits per heavy atom. The van der Waals surface area contributed by atoms with Crippen molar-refractivity contribution < 1.29 is 24.2 Å². The fourth-order valence-corrected chi connectivity index (χ4v) is 5.58. The second-order valence-corrected chi connectivity index (χ2v) is 10.2. The number of thioether (sulfide) groups is 1. The highest BCUT2D eigenvalue weighted by Gasteiger charge is 2.29. The van der Waals surface area contributed by atoms with Gasteiger partial charge in [0.15, 0.2) is 0 Å². The lowest BCUT2D eigenvalue weighted by Crippen LogP contribution is -2.38. The van der Waals surface area contributed by atoms with Gasteiger partial charge >= 0.3 is 12.0 Å². The van der Waals surface area contributed by atoms with Crippen molar-refractivity contribution in [1.82, 2.24) is 4.90 Å². The van der Waals surface area contributed by atoms with Crippen LogP contribution in [-0.2, 0) is 11.2 Å². The summed E-state index contributed by atoms with van der Waals surface area (Å²) in [7, 11) is 1.53. The van der Waals surface area contributed by atoms with Crippen LogP contribution in [0.15, 0.2) is 71.6 Å². The minimum Gasteiger partial charge on any atom is -0.495 e. The van der Waals surface area contributed by atoms with Crippen molar-refractivity contribution in [1.29, 1.82) is 0 Å². The Hall–Kier alpha value is -3.98. The van der Waals surface area contributed by atoms with Crippen molar-refractivity contribution in [3.8, 4) is 5.75 Å². The number of rotatable bonds is 9. The summed E-state index contributed by atoms with van der Waals surface area (Å²) in [5.41, 5.74) is 3.24. The molecule has 1 atom stereocenters. The van der Waals surface area contributed by atoms with E-state index in [1.54, 1.807) is 42.1 Å². The summed E-state index contributed by atoms with van der Waals surface area (Å²) in [5.74, 6) is 0.264. The minimum absolute atomic E-state index is 0.0347. The summed E-state index contributed by atoms with van der Waals surface area (Å²) in [6, 6.07) is 19.4. The number of likely N-dealkylation sites (tertiary alicyclic amines) is 1. The van der Waals surface area contributed by atoms with Gasteiger partial charge in [0.05, 0.1) is 24.8 Å². The molecule has 3 aromatic rings. The van der Waals surface area contributed by atoms with Gasteiger partial charge in [0.25, 0.3) is 0 Å². The normalized spacial score (nSPS) is 14.7. The van der Waals surface area contributed by atoms with Crippen molar-refractivity contribution in [3.63, 3.8) is 0 Å². The van der Waals surface area contributed by atoms with Gasteiger partial charge in [-0.3, -0.25) is 4.79 Å². The van der Waals surface area contributed by atoms with E-state index in [-0.39, 0.29) is 30.0 Å². The molecule has 1 aliphatic heterocycles. The van der Waals surface area contributed by atoms with E-state index in [0.717, 1.165) is 34.6 Å². The lowest BCUT2D eigenvalue weighted by molar-refractivity contribution is -0.130. The number of aromatic carboxylic acids is 1. The summed E-state index contributed by atoms with van der Waals surface area (Å²) in [5, 5.41) is 14.9. The molecule has 0 saturated carbocycles. The number of nitrogens with one attached hydrogen (secondary N) is 2. The maximum atomic E-state index is 13.2. The van der Waals surface area contributed by atoms with Crippen LogP contribution >= 0.6 is 11.8 Å². The molecule has 1 saturated heterocycles. The molecule has 1 fully saturated rings. The Labute approximate surface area is 226 Å². The molecule has 8 nitrogen and oxygen atoms in total. The molecule has 1 aliphatic rings. The smallest absolute Gasteiger partial charge is 0.335 e. The number of hydrogen-bond donors (Lipinski definition) is 3. The van der Waals surface area contributed by atoms with Gasteiger partial charge in [0, 0.05) is 28.9 Å². The van der Waals surface area contributed by atoms with Gasteiger partial charge in [0.2, 0.25) is 5.91 Å². The number of anilines is 2. The molecule has 38 heavy (non-hydrogen) atoms. The molecule has 9 heteroatoms. The highest BCUT2D eigenvalue weighted by molar-refractivity contribution is 7.99. The number of carbonyl (C=O) groups excluding carboxylic acids is 2. The maximum Gasteiger partial charge on any atom is 0.335 e. The van der Waals surface area contributed by atoms with E-state index in [2.05, 4.69) is 10.6 Å². The van der Waals surface area contributed by atoms with E-state index in [1.165, 1.54) is 7.11 Å². The van der Waals surface area contributed by atoms with Crippen LogP contribution in [0.2, 0.25) is 0 Å². The minimum atomic E-state index is -0.950. The van der Waals surface area contributed by atoms with Crippen LogP contribution in [-0.4, -0.2) is 53.4 Å². The maximum absolute atomic E-state index is 13.2. The van der Waals surface area contributed by atoms with Crippen LogP contribution < -0.4 is 15.4 Å². The van der Waals surface area contributed by atoms with Gasteiger partial charge in [-0.15, -0.1) is 11.8 Å². The second kappa shape index (κ2) is 12.5. The Bertz CT molecular complexity index is 1330. The third-order valence-corrected chi connectivity index (χ3v) is 7.62. The number of hydrogen-bond acceptors (Lipinski definition) is 5. The molecule has 0 spiro atoms. The Kier molecular flexibility index (Phi) is 8.91. The topological polar surface area (TPSA) is 108 Å².